The van der Waals surface area contributed by atoms with E-state index in [0.29, 0.717) is 6.10 Å². The number of piperidine rings is 1. The molecule has 0 atom stereocenters. The second kappa shape index (κ2) is 14.5. The van der Waals surface area contributed by atoms with Crippen LogP contribution in [0.4, 0.5) is 0 Å². The number of hydrogen-bond donors (Lipinski definition) is 1. The molecule has 0 radical (unpaired) electrons. The Morgan fingerprint density at radius 1 is 1.10 bits per heavy atom. The monoisotopic (exact) mass is 551 g/mol. The fourth-order valence-corrected chi connectivity index (χ4v) is 4.39. The van der Waals surface area contributed by atoms with E-state index >= 15 is 0 Å². The molecule has 180 valence electrons. The molecule has 0 aromatic carbocycles. The van der Waals surface area contributed by atoms with E-state index in [-0.39, 0.29) is 36.4 Å². The molecule has 2 heterocycles. The van der Waals surface area contributed by atoms with Crippen molar-refractivity contribution in [3.63, 3.8) is 0 Å². The molecular weight excluding hydrogens is 509 g/mol. The Bertz CT molecular complexity index is 543. The van der Waals surface area contributed by atoms with E-state index in [0.717, 1.165) is 83.8 Å². The fraction of sp³-hybridized carbons (Fsp3) is 0.909. The van der Waals surface area contributed by atoms with Crippen molar-refractivity contribution >= 4 is 35.8 Å². The summed E-state index contributed by atoms with van der Waals surface area (Å²) >= 11 is 0. The summed E-state index contributed by atoms with van der Waals surface area (Å²) < 4.78 is 11.6. The van der Waals surface area contributed by atoms with Gasteiger partial charge in [0.05, 0.1) is 19.3 Å². The molecule has 3 fully saturated rings. The van der Waals surface area contributed by atoms with Crippen LogP contribution in [0.5, 0.6) is 0 Å². The third-order valence-electron chi connectivity index (χ3n) is 6.46. The highest BCUT2D eigenvalue weighted by atomic mass is 127. The Morgan fingerprint density at radius 3 is 2.42 bits per heavy atom. The van der Waals surface area contributed by atoms with Crippen LogP contribution in [0, 0.1) is 5.92 Å². The van der Waals surface area contributed by atoms with E-state index < -0.39 is 0 Å². The summed E-state index contributed by atoms with van der Waals surface area (Å²) in [6, 6.07) is 0. The van der Waals surface area contributed by atoms with Gasteiger partial charge in [-0.15, -0.1) is 24.0 Å². The molecule has 9 heteroatoms. The van der Waals surface area contributed by atoms with Crippen LogP contribution in [0.15, 0.2) is 4.99 Å². The van der Waals surface area contributed by atoms with E-state index in [2.05, 4.69) is 20.1 Å². The van der Waals surface area contributed by atoms with Gasteiger partial charge < -0.3 is 24.6 Å². The first-order valence-corrected chi connectivity index (χ1v) is 11.8. The molecule has 1 N–H and O–H groups in total. The van der Waals surface area contributed by atoms with Gasteiger partial charge in [-0.3, -0.25) is 9.69 Å². The molecule has 1 amide bonds. The first-order chi connectivity index (χ1) is 14.6. The molecule has 0 spiro atoms. The third-order valence-corrected chi connectivity index (χ3v) is 6.46. The van der Waals surface area contributed by atoms with Crippen molar-refractivity contribution in [1.29, 1.82) is 0 Å². The molecule has 2 aliphatic heterocycles. The number of likely N-dealkylation sites (N-methyl/N-ethyl adjacent to an activating group) is 1. The largest absolute Gasteiger partial charge is 0.379 e. The van der Waals surface area contributed by atoms with Gasteiger partial charge in [0.1, 0.15) is 6.54 Å². The lowest BCUT2D eigenvalue weighted by Crippen LogP contribution is -2.49. The molecule has 0 bridgehead atoms. The van der Waals surface area contributed by atoms with Crippen LogP contribution in [-0.4, -0.2) is 112 Å². The van der Waals surface area contributed by atoms with Gasteiger partial charge in [-0.1, -0.05) is 12.8 Å². The SMILES string of the molecule is CN(C)C(=O)CN=C(NCCN1CCOCC1)N1CCC(OCC2CCCC2)CC1.I. The summed E-state index contributed by atoms with van der Waals surface area (Å²) in [6.45, 7) is 8.35. The minimum atomic E-state index is 0. The Hall–Kier alpha value is -0.650. The van der Waals surface area contributed by atoms with Gasteiger partial charge in [0.25, 0.3) is 0 Å². The zero-order chi connectivity index (χ0) is 21.2. The molecule has 1 aliphatic carbocycles. The molecule has 3 aliphatic rings. The first-order valence-electron chi connectivity index (χ1n) is 11.8. The van der Waals surface area contributed by atoms with E-state index in [1.807, 2.05) is 0 Å². The number of guanidine groups is 1. The third kappa shape index (κ3) is 9.39. The predicted molar refractivity (Wildman–Crippen MR) is 134 cm³/mol. The number of ether oxygens (including phenoxy) is 2. The summed E-state index contributed by atoms with van der Waals surface area (Å²) in [5.41, 5.74) is 0. The number of hydrogen-bond acceptors (Lipinski definition) is 5. The highest BCUT2D eigenvalue weighted by Crippen LogP contribution is 2.26. The molecular formula is C22H42IN5O3. The normalized spacial score (nSPS) is 21.7. The highest BCUT2D eigenvalue weighted by Gasteiger charge is 2.24. The lowest BCUT2D eigenvalue weighted by molar-refractivity contribution is -0.127. The van der Waals surface area contributed by atoms with Crippen molar-refractivity contribution in [1.82, 2.24) is 20.0 Å². The van der Waals surface area contributed by atoms with E-state index in [9.17, 15) is 4.79 Å². The van der Waals surface area contributed by atoms with Crippen LogP contribution in [0.3, 0.4) is 0 Å². The Kier molecular flexibility index (Phi) is 12.4. The van der Waals surface area contributed by atoms with Crippen LogP contribution < -0.4 is 5.32 Å². The minimum absolute atomic E-state index is 0. The summed E-state index contributed by atoms with van der Waals surface area (Å²) in [6.07, 6.45) is 7.82. The van der Waals surface area contributed by atoms with Crippen LogP contribution in [0.1, 0.15) is 38.5 Å². The van der Waals surface area contributed by atoms with Gasteiger partial charge in [-0.25, -0.2) is 4.99 Å². The number of halogens is 1. The molecule has 0 aromatic heterocycles. The molecule has 1 saturated carbocycles. The zero-order valence-electron chi connectivity index (χ0n) is 19.4. The maximum atomic E-state index is 12.0. The van der Waals surface area contributed by atoms with Crippen LogP contribution >= 0.6 is 24.0 Å². The minimum Gasteiger partial charge on any atom is -0.379 e. The number of nitrogens with zero attached hydrogens (tertiary/aromatic N) is 4. The maximum absolute atomic E-state index is 12.0. The van der Waals surface area contributed by atoms with E-state index in [4.69, 9.17) is 9.47 Å². The lowest BCUT2D eigenvalue weighted by Gasteiger charge is -2.35. The molecule has 0 unspecified atom stereocenters. The Morgan fingerprint density at radius 2 is 1.77 bits per heavy atom. The molecule has 8 nitrogen and oxygen atoms in total. The van der Waals surface area contributed by atoms with Gasteiger partial charge >= 0.3 is 0 Å². The van der Waals surface area contributed by atoms with Crippen molar-refractivity contribution in [2.75, 3.05) is 79.7 Å². The van der Waals surface area contributed by atoms with Crippen LogP contribution in [0.2, 0.25) is 0 Å². The number of likely N-dealkylation sites (tertiary alicyclic amines) is 1. The standard InChI is InChI=1S/C22H41N5O3.HI/c1-25(2)21(28)17-24-22(23-9-12-26-13-15-29-16-14-26)27-10-7-20(8-11-27)30-18-19-5-3-4-6-19;/h19-20H,3-18H2,1-2H3,(H,23,24);1H. The molecule has 2 saturated heterocycles. The number of carbonyl (C=O) groups excluding carboxylic acids is 1. The van der Waals surface area contributed by atoms with Gasteiger partial charge in [-0.05, 0) is 31.6 Å². The highest BCUT2D eigenvalue weighted by molar-refractivity contribution is 14.0. The van der Waals surface area contributed by atoms with E-state index in [1.54, 1.807) is 19.0 Å². The number of amides is 1. The molecule has 0 aromatic rings. The van der Waals surface area contributed by atoms with Crippen molar-refractivity contribution in [3.05, 3.63) is 0 Å². The summed E-state index contributed by atoms with van der Waals surface area (Å²) in [7, 11) is 3.55. The molecule has 3 rings (SSSR count). The van der Waals surface area contributed by atoms with Crippen molar-refractivity contribution < 1.29 is 14.3 Å². The summed E-state index contributed by atoms with van der Waals surface area (Å²) in [5.74, 6) is 1.66. The number of morpholine rings is 1. The predicted octanol–water partition coefficient (Wildman–Crippen LogP) is 1.64. The van der Waals surface area contributed by atoms with Crippen LogP contribution in [-0.2, 0) is 14.3 Å². The van der Waals surface area contributed by atoms with Gasteiger partial charge in [0, 0.05) is 60.0 Å². The lowest BCUT2D eigenvalue weighted by atomic mass is 10.1. The van der Waals surface area contributed by atoms with Crippen molar-refractivity contribution in [3.8, 4) is 0 Å². The second-order valence-corrected chi connectivity index (χ2v) is 8.98. The molecule has 31 heavy (non-hydrogen) atoms. The number of carbonyl (C=O) groups is 1. The van der Waals surface area contributed by atoms with Crippen molar-refractivity contribution in [2.45, 2.75) is 44.6 Å². The Labute approximate surface area is 205 Å². The fourth-order valence-electron chi connectivity index (χ4n) is 4.39. The van der Waals surface area contributed by atoms with Gasteiger partial charge in [0.15, 0.2) is 5.96 Å². The maximum Gasteiger partial charge on any atom is 0.243 e. The average Bonchev–Trinajstić information content (AvgIpc) is 3.29. The smallest absolute Gasteiger partial charge is 0.243 e. The van der Waals surface area contributed by atoms with E-state index in [1.165, 1.54) is 25.7 Å². The summed E-state index contributed by atoms with van der Waals surface area (Å²) in [4.78, 5) is 23.0. The van der Waals surface area contributed by atoms with Crippen molar-refractivity contribution in [2.24, 2.45) is 10.9 Å². The first kappa shape index (κ1) is 26.6. The topological polar surface area (TPSA) is 69.6 Å². The van der Waals surface area contributed by atoms with Crippen LogP contribution in [0.25, 0.3) is 0 Å². The Balaban J connectivity index is 0.00000341. The van der Waals surface area contributed by atoms with Gasteiger partial charge in [-0.2, -0.15) is 0 Å². The van der Waals surface area contributed by atoms with Gasteiger partial charge in [0.2, 0.25) is 5.91 Å². The second-order valence-electron chi connectivity index (χ2n) is 8.98. The quantitative estimate of drug-likeness (QED) is 0.281. The number of aliphatic imine (C=N–C) groups is 1. The number of rotatable bonds is 8. The number of nitrogens with one attached hydrogen (secondary N) is 1. The summed E-state index contributed by atoms with van der Waals surface area (Å²) in [5, 5.41) is 3.50. The zero-order valence-corrected chi connectivity index (χ0v) is 21.7. The average molecular weight is 552 g/mol.